The molecule has 6 nitrogen and oxygen atoms in total. The summed E-state index contributed by atoms with van der Waals surface area (Å²) in [4.78, 5) is 36.6. The normalized spacial score (nSPS) is 10.4. The molecule has 0 saturated heterocycles. The Morgan fingerprint density at radius 2 is 1.59 bits per heavy atom. The average molecular weight is 390 g/mol. The van der Waals surface area contributed by atoms with Gasteiger partial charge in [0.15, 0.2) is 11.5 Å². The van der Waals surface area contributed by atoms with Crippen molar-refractivity contribution in [1.82, 2.24) is 0 Å². The van der Waals surface area contributed by atoms with E-state index in [-0.39, 0.29) is 36.2 Å². The summed E-state index contributed by atoms with van der Waals surface area (Å²) in [5.74, 6) is -0.513. The summed E-state index contributed by atoms with van der Waals surface area (Å²) in [5, 5.41) is 5.45. The molecule has 1 aromatic heterocycles. The van der Waals surface area contributed by atoms with Gasteiger partial charge in [-0.15, -0.1) is 0 Å². The van der Waals surface area contributed by atoms with Crippen LogP contribution in [0.5, 0.6) is 0 Å². The van der Waals surface area contributed by atoms with Gasteiger partial charge in [0.2, 0.25) is 5.91 Å². The molecule has 29 heavy (non-hydrogen) atoms. The van der Waals surface area contributed by atoms with E-state index in [0.29, 0.717) is 16.9 Å². The highest BCUT2D eigenvalue weighted by molar-refractivity contribution is 6.03. The molecule has 0 aliphatic rings. The highest BCUT2D eigenvalue weighted by Crippen LogP contribution is 2.17. The number of hydrogen-bond donors (Lipinski definition) is 2. The minimum absolute atomic E-state index is 0.0669. The van der Waals surface area contributed by atoms with Crippen LogP contribution in [0.2, 0.25) is 0 Å². The smallest absolute Gasteiger partial charge is 0.291 e. The van der Waals surface area contributed by atoms with Crippen molar-refractivity contribution in [3.8, 4) is 0 Å². The number of benzene rings is 2. The number of ketones is 1. The molecule has 0 unspecified atom stereocenters. The van der Waals surface area contributed by atoms with Gasteiger partial charge >= 0.3 is 0 Å². The van der Waals surface area contributed by atoms with Crippen LogP contribution in [0.25, 0.3) is 0 Å². The Hall–Kier alpha value is -3.67. The molecule has 0 fully saturated rings. The van der Waals surface area contributed by atoms with Crippen LogP contribution in [-0.2, 0) is 4.79 Å². The summed E-state index contributed by atoms with van der Waals surface area (Å²) in [7, 11) is 0. The third-order valence-electron chi connectivity index (χ3n) is 4.56. The Labute approximate surface area is 168 Å². The van der Waals surface area contributed by atoms with Gasteiger partial charge in [0.1, 0.15) is 0 Å². The minimum atomic E-state index is -0.377. The van der Waals surface area contributed by atoms with Crippen LogP contribution in [0.3, 0.4) is 0 Å². The summed E-state index contributed by atoms with van der Waals surface area (Å²) < 4.78 is 5.05. The van der Waals surface area contributed by atoms with Gasteiger partial charge in [-0.25, -0.2) is 0 Å². The predicted molar refractivity (Wildman–Crippen MR) is 111 cm³/mol. The van der Waals surface area contributed by atoms with Crippen LogP contribution < -0.4 is 10.6 Å². The van der Waals surface area contributed by atoms with Gasteiger partial charge in [0, 0.05) is 29.8 Å². The average Bonchev–Trinajstić information content (AvgIpc) is 3.23. The van der Waals surface area contributed by atoms with Crippen LogP contribution in [0.15, 0.2) is 65.3 Å². The van der Waals surface area contributed by atoms with Crippen LogP contribution in [0.1, 0.15) is 44.9 Å². The molecule has 3 aromatic rings. The molecule has 2 N–H and O–H groups in total. The van der Waals surface area contributed by atoms with Gasteiger partial charge in [-0.05, 0) is 61.4 Å². The van der Waals surface area contributed by atoms with Gasteiger partial charge in [0.25, 0.3) is 5.91 Å². The molecule has 2 amide bonds. The topological polar surface area (TPSA) is 88.4 Å². The summed E-state index contributed by atoms with van der Waals surface area (Å²) in [6.07, 6.45) is 1.63. The van der Waals surface area contributed by atoms with Crippen molar-refractivity contribution in [1.29, 1.82) is 0 Å². The van der Waals surface area contributed by atoms with Crippen LogP contribution in [-0.4, -0.2) is 17.6 Å². The zero-order valence-electron chi connectivity index (χ0n) is 16.3. The SMILES string of the molecule is Cc1ccc(C(=O)CCC(=O)Nc2cccc(NC(=O)c3ccco3)c2)cc1C. The number of amides is 2. The molecule has 0 saturated carbocycles. The van der Waals surface area contributed by atoms with Crippen LogP contribution >= 0.6 is 0 Å². The molecule has 0 atom stereocenters. The molecule has 0 aliphatic heterocycles. The lowest BCUT2D eigenvalue weighted by Crippen LogP contribution is -2.14. The zero-order chi connectivity index (χ0) is 20.8. The molecule has 0 bridgehead atoms. The second-order valence-electron chi connectivity index (χ2n) is 6.78. The molecule has 0 aliphatic carbocycles. The number of hydrogen-bond acceptors (Lipinski definition) is 4. The number of anilines is 2. The Kier molecular flexibility index (Phi) is 6.24. The third-order valence-corrected chi connectivity index (χ3v) is 4.56. The fraction of sp³-hybridized carbons (Fsp3) is 0.174. The number of carbonyl (C=O) groups excluding carboxylic acids is 3. The highest BCUT2D eigenvalue weighted by atomic mass is 16.3. The lowest BCUT2D eigenvalue weighted by molar-refractivity contribution is -0.116. The number of aryl methyl sites for hydroxylation is 2. The van der Waals surface area contributed by atoms with Crippen molar-refractivity contribution in [2.45, 2.75) is 26.7 Å². The summed E-state index contributed by atoms with van der Waals surface area (Å²) in [6, 6.07) is 15.5. The summed E-state index contributed by atoms with van der Waals surface area (Å²) in [5.41, 5.74) is 3.84. The molecule has 3 rings (SSSR count). The molecular weight excluding hydrogens is 368 g/mol. The monoisotopic (exact) mass is 390 g/mol. The second-order valence-corrected chi connectivity index (χ2v) is 6.78. The lowest BCUT2D eigenvalue weighted by Gasteiger charge is -2.08. The maximum Gasteiger partial charge on any atom is 0.291 e. The first-order chi connectivity index (χ1) is 13.9. The van der Waals surface area contributed by atoms with E-state index in [1.807, 2.05) is 26.0 Å². The van der Waals surface area contributed by atoms with Gasteiger partial charge < -0.3 is 15.1 Å². The number of rotatable bonds is 7. The van der Waals surface area contributed by atoms with Gasteiger partial charge in [-0.1, -0.05) is 18.2 Å². The number of carbonyl (C=O) groups is 3. The predicted octanol–water partition coefficient (Wildman–Crippen LogP) is 4.75. The van der Waals surface area contributed by atoms with Crippen LogP contribution in [0.4, 0.5) is 11.4 Å². The van der Waals surface area contributed by atoms with Gasteiger partial charge in [-0.2, -0.15) is 0 Å². The van der Waals surface area contributed by atoms with Crippen molar-refractivity contribution >= 4 is 29.0 Å². The molecular formula is C23H22N2O4. The van der Waals surface area contributed by atoms with E-state index in [2.05, 4.69) is 10.6 Å². The first-order valence-corrected chi connectivity index (χ1v) is 9.27. The zero-order valence-corrected chi connectivity index (χ0v) is 16.3. The molecule has 1 heterocycles. The van der Waals surface area contributed by atoms with Crippen molar-refractivity contribution in [3.05, 3.63) is 83.3 Å². The molecule has 148 valence electrons. The molecule has 0 radical (unpaired) electrons. The standard InChI is InChI=1S/C23H22N2O4/c1-15-8-9-17(13-16(15)2)20(26)10-11-22(27)24-18-5-3-6-19(14-18)25-23(28)21-7-4-12-29-21/h3-9,12-14H,10-11H2,1-2H3,(H,24,27)(H,25,28). The maximum atomic E-state index is 12.3. The van der Waals surface area contributed by atoms with E-state index in [0.717, 1.165) is 11.1 Å². The first kappa shape index (κ1) is 20.1. The Morgan fingerprint density at radius 1 is 0.828 bits per heavy atom. The van der Waals surface area contributed by atoms with Crippen molar-refractivity contribution in [2.75, 3.05) is 10.6 Å². The Morgan fingerprint density at radius 3 is 2.28 bits per heavy atom. The third kappa shape index (κ3) is 5.42. The summed E-state index contributed by atoms with van der Waals surface area (Å²) in [6.45, 7) is 3.94. The van der Waals surface area contributed by atoms with Crippen molar-refractivity contribution in [2.24, 2.45) is 0 Å². The Bertz CT molecular complexity index is 1040. The van der Waals surface area contributed by atoms with Gasteiger partial charge in [0.05, 0.1) is 6.26 Å². The number of Topliss-reactive ketones (excluding diaryl/α,β-unsaturated/α-hetero) is 1. The van der Waals surface area contributed by atoms with E-state index in [9.17, 15) is 14.4 Å². The van der Waals surface area contributed by atoms with E-state index < -0.39 is 0 Å². The maximum absolute atomic E-state index is 12.3. The molecule has 2 aromatic carbocycles. The minimum Gasteiger partial charge on any atom is -0.459 e. The largest absolute Gasteiger partial charge is 0.459 e. The van der Waals surface area contributed by atoms with Crippen LogP contribution in [0, 0.1) is 13.8 Å². The van der Waals surface area contributed by atoms with E-state index in [1.54, 1.807) is 42.5 Å². The van der Waals surface area contributed by atoms with Crippen molar-refractivity contribution in [3.63, 3.8) is 0 Å². The van der Waals surface area contributed by atoms with E-state index >= 15 is 0 Å². The quantitative estimate of drug-likeness (QED) is 0.570. The molecule has 0 spiro atoms. The fourth-order valence-electron chi connectivity index (χ4n) is 2.78. The molecule has 6 heteroatoms. The van der Waals surface area contributed by atoms with E-state index in [1.165, 1.54) is 6.26 Å². The second kappa shape index (κ2) is 9.01. The highest BCUT2D eigenvalue weighted by Gasteiger charge is 2.12. The first-order valence-electron chi connectivity index (χ1n) is 9.27. The lowest BCUT2D eigenvalue weighted by atomic mass is 10.0. The van der Waals surface area contributed by atoms with Gasteiger partial charge in [-0.3, -0.25) is 14.4 Å². The fourth-order valence-corrected chi connectivity index (χ4v) is 2.78. The number of furan rings is 1. The summed E-state index contributed by atoms with van der Waals surface area (Å²) >= 11 is 0. The van der Waals surface area contributed by atoms with Crippen molar-refractivity contribution < 1.29 is 18.8 Å². The number of nitrogens with one attached hydrogen (secondary N) is 2. The Balaban J connectivity index is 1.54. The van der Waals surface area contributed by atoms with E-state index in [4.69, 9.17) is 4.42 Å².